The van der Waals surface area contributed by atoms with Crippen molar-refractivity contribution < 1.29 is 14.3 Å². The first-order valence-corrected chi connectivity index (χ1v) is 8.86. The van der Waals surface area contributed by atoms with Gasteiger partial charge < -0.3 is 25.0 Å². The smallest absolute Gasteiger partial charge is 0.410 e. The van der Waals surface area contributed by atoms with E-state index in [0.717, 1.165) is 51.6 Å². The van der Waals surface area contributed by atoms with Gasteiger partial charge in [0.2, 0.25) is 0 Å². The normalized spacial score (nSPS) is 19.1. The lowest BCUT2D eigenvalue weighted by Crippen LogP contribution is -2.47. The van der Waals surface area contributed by atoms with E-state index >= 15 is 0 Å². The van der Waals surface area contributed by atoms with E-state index in [1.165, 1.54) is 0 Å². The van der Waals surface area contributed by atoms with E-state index in [4.69, 9.17) is 9.47 Å². The van der Waals surface area contributed by atoms with Crippen LogP contribution in [-0.4, -0.2) is 69.0 Å². The fraction of sp³-hybridized carbons (Fsp3) is 0.882. The zero-order valence-electron chi connectivity index (χ0n) is 15.9. The van der Waals surface area contributed by atoms with Gasteiger partial charge in [-0.15, -0.1) is 0 Å². The van der Waals surface area contributed by atoms with E-state index in [1.54, 1.807) is 7.05 Å². The standard InChI is InChI=1S/C17H34N4O3/c1-6-23-11-9-19-15(18-5)20-12-14-8-7-10-21(13-14)16(22)24-17(2,3)4/h14H,6-13H2,1-5H3,(H2,18,19,20). The van der Waals surface area contributed by atoms with Gasteiger partial charge in [-0.25, -0.2) is 4.79 Å². The molecule has 1 fully saturated rings. The lowest BCUT2D eigenvalue weighted by Gasteiger charge is -2.34. The van der Waals surface area contributed by atoms with E-state index in [2.05, 4.69) is 15.6 Å². The molecule has 140 valence electrons. The first kappa shape index (κ1) is 20.5. The molecule has 1 heterocycles. The van der Waals surface area contributed by atoms with Gasteiger partial charge in [0.15, 0.2) is 5.96 Å². The van der Waals surface area contributed by atoms with Crippen molar-refractivity contribution in [2.45, 2.75) is 46.1 Å². The summed E-state index contributed by atoms with van der Waals surface area (Å²) in [5.41, 5.74) is -0.450. The second-order valence-corrected chi connectivity index (χ2v) is 7.01. The van der Waals surface area contributed by atoms with Crippen LogP contribution in [0.15, 0.2) is 4.99 Å². The number of guanidine groups is 1. The van der Waals surface area contributed by atoms with Gasteiger partial charge in [-0.3, -0.25) is 4.99 Å². The molecule has 0 radical (unpaired) electrons. The van der Waals surface area contributed by atoms with Crippen molar-refractivity contribution in [2.75, 3.05) is 46.4 Å². The van der Waals surface area contributed by atoms with Crippen LogP contribution < -0.4 is 10.6 Å². The highest BCUT2D eigenvalue weighted by Crippen LogP contribution is 2.18. The Morgan fingerprint density at radius 2 is 2.08 bits per heavy atom. The largest absolute Gasteiger partial charge is 0.444 e. The topological polar surface area (TPSA) is 75.2 Å². The molecule has 7 heteroatoms. The van der Waals surface area contributed by atoms with Gasteiger partial charge in [0, 0.05) is 39.8 Å². The highest BCUT2D eigenvalue weighted by Gasteiger charge is 2.27. The number of hydrogen-bond donors (Lipinski definition) is 2. The Hall–Kier alpha value is -1.50. The van der Waals surface area contributed by atoms with Crippen LogP contribution >= 0.6 is 0 Å². The number of aliphatic imine (C=N–C) groups is 1. The molecule has 1 atom stereocenters. The monoisotopic (exact) mass is 342 g/mol. The fourth-order valence-corrected chi connectivity index (χ4v) is 2.57. The molecule has 0 saturated carbocycles. The first-order chi connectivity index (χ1) is 11.4. The summed E-state index contributed by atoms with van der Waals surface area (Å²) in [6, 6.07) is 0. The number of hydrogen-bond acceptors (Lipinski definition) is 4. The highest BCUT2D eigenvalue weighted by atomic mass is 16.6. The number of nitrogens with zero attached hydrogens (tertiary/aromatic N) is 2. The van der Waals surface area contributed by atoms with E-state index in [-0.39, 0.29) is 6.09 Å². The second kappa shape index (κ2) is 10.4. The SMILES string of the molecule is CCOCCNC(=NC)NCC1CCCN(C(=O)OC(C)(C)C)C1. The Kier molecular flexibility index (Phi) is 8.89. The quantitative estimate of drug-likeness (QED) is 0.438. The molecule has 1 aliphatic rings. The van der Waals surface area contributed by atoms with E-state index in [0.29, 0.717) is 12.5 Å². The maximum absolute atomic E-state index is 12.2. The van der Waals surface area contributed by atoms with Gasteiger partial charge in [-0.1, -0.05) is 0 Å². The summed E-state index contributed by atoms with van der Waals surface area (Å²) in [6.07, 6.45) is 1.89. The minimum atomic E-state index is -0.450. The molecular formula is C17H34N4O3. The molecule has 0 aromatic carbocycles. The maximum atomic E-state index is 12.2. The van der Waals surface area contributed by atoms with Crippen molar-refractivity contribution in [3.63, 3.8) is 0 Å². The van der Waals surface area contributed by atoms with E-state index in [9.17, 15) is 4.79 Å². The van der Waals surface area contributed by atoms with Crippen molar-refractivity contribution in [3.05, 3.63) is 0 Å². The van der Waals surface area contributed by atoms with Crippen LogP contribution in [0.5, 0.6) is 0 Å². The van der Waals surface area contributed by atoms with Crippen LogP contribution in [-0.2, 0) is 9.47 Å². The van der Waals surface area contributed by atoms with Gasteiger partial charge in [0.1, 0.15) is 5.60 Å². The summed E-state index contributed by atoms with van der Waals surface area (Å²) in [5.74, 6) is 1.17. The molecule has 0 spiro atoms. The molecular weight excluding hydrogens is 308 g/mol. The number of carbonyl (C=O) groups is 1. The lowest BCUT2D eigenvalue weighted by atomic mass is 9.98. The van der Waals surface area contributed by atoms with Crippen LogP contribution in [0.25, 0.3) is 0 Å². The number of ether oxygens (including phenoxy) is 2. The van der Waals surface area contributed by atoms with Crippen LogP contribution in [0.3, 0.4) is 0 Å². The summed E-state index contributed by atoms with van der Waals surface area (Å²) < 4.78 is 10.8. The average molecular weight is 342 g/mol. The number of carbonyl (C=O) groups excluding carboxylic acids is 1. The summed E-state index contributed by atoms with van der Waals surface area (Å²) in [6.45, 7) is 12.0. The highest BCUT2D eigenvalue weighted by molar-refractivity contribution is 5.79. The lowest BCUT2D eigenvalue weighted by molar-refractivity contribution is 0.0168. The van der Waals surface area contributed by atoms with Gasteiger partial charge in [-0.2, -0.15) is 0 Å². The van der Waals surface area contributed by atoms with Gasteiger partial charge in [0.25, 0.3) is 0 Å². The minimum absolute atomic E-state index is 0.216. The Balaban J connectivity index is 2.35. The molecule has 2 N–H and O–H groups in total. The van der Waals surface area contributed by atoms with Crippen molar-refractivity contribution in [2.24, 2.45) is 10.9 Å². The Morgan fingerprint density at radius 1 is 1.33 bits per heavy atom. The molecule has 1 rings (SSSR count). The molecule has 7 nitrogen and oxygen atoms in total. The number of piperidine rings is 1. The Morgan fingerprint density at radius 3 is 2.71 bits per heavy atom. The van der Waals surface area contributed by atoms with E-state index < -0.39 is 5.60 Å². The molecule has 0 bridgehead atoms. The van der Waals surface area contributed by atoms with Crippen molar-refractivity contribution in [3.8, 4) is 0 Å². The molecule has 1 unspecified atom stereocenters. The fourth-order valence-electron chi connectivity index (χ4n) is 2.57. The maximum Gasteiger partial charge on any atom is 0.410 e. The summed E-state index contributed by atoms with van der Waals surface area (Å²) in [4.78, 5) is 18.2. The minimum Gasteiger partial charge on any atom is -0.444 e. The summed E-state index contributed by atoms with van der Waals surface area (Å²) in [7, 11) is 1.75. The predicted octanol–water partition coefficient (Wildman–Crippen LogP) is 1.83. The van der Waals surface area contributed by atoms with Gasteiger partial charge >= 0.3 is 6.09 Å². The molecule has 0 aromatic heterocycles. The number of amides is 1. The van der Waals surface area contributed by atoms with Crippen molar-refractivity contribution in [1.29, 1.82) is 0 Å². The number of nitrogens with one attached hydrogen (secondary N) is 2. The average Bonchev–Trinajstić information content (AvgIpc) is 2.53. The van der Waals surface area contributed by atoms with Crippen LogP contribution in [0.4, 0.5) is 4.79 Å². The molecule has 1 saturated heterocycles. The molecule has 24 heavy (non-hydrogen) atoms. The third-order valence-corrected chi connectivity index (χ3v) is 3.70. The van der Waals surface area contributed by atoms with E-state index in [1.807, 2.05) is 32.6 Å². The molecule has 1 amide bonds. The van der Waals surface area contributed by atoms with Crippen LogP contribution in [0.2, 0.25) is 0 Å². The first-order valence-electron chi connectivity index (χ1n) is 8.86. The van der Waals surface area contributed by atoms with Gasteiger partial charge in [-0.05, 0) is 46.5 Å². The number of rotatable bonds is 6. The van der Waals surface area contributed by atoms with Crippen molar-refractivity contribution in [1.82, 2.24) is 15.5 Å². The Labute approximate surface area is 146 Å². The summed E-state index contributed by atoms with van der Waals surface area (Å²) >= 11 is 0. The third kappa shape index (κ3) is 8.38. The zero-order valence-corrected chi connectivity index (χ0v) is 15.9. The number of likely N-dealkylation sites (tertiary alicyclic amines) is 1. The molecule has 0 aliphatic carbocycles. The third-order valence-electron chi connectivity index (χ3n) is 3.70. The predicted molar refractivity (Wildman–Crippen MR) is 96.4 cm³/mol. The van der Waals surface area contributed by atoms with Crippen molar-refractivity contribution >= 4 is 12.1 Å². The van der Waals surface area contributed by atoms with Crippen LogP contribution in [0, 0.1) is 5.92 Å². The summed E-state index contributed by atoms with van der Waals surface area (Å²) in [5, 5.41) is 6.55. The Bertz CT molecular complexity index is 407. The molecule has 0 aromatic rings. The second-order valence-electron chi connectivity index (χ2n) is 7.01. The van der Waals surface area contributed by atoms with Crippen LogP contribution in [0.1, 0.15) is 40.5 Å². The zero-order chi connectivity index (χ0) is 18.0. The molecule has 1 aliphatic heterocycles. The van der Waals surface area contributed by atoms with Gasteiger partial charge in [0.05, 0.1) is 6.61 Å².